The number of piperidine rings is 1. The second kappa shape index (κ2) is 8.63. The van der Waals surface area contributed by atoms with Crippen LogP contribution < -0.4 is 10.6 Å². The van der Waals surface area contributed by atoms with Crippen LogP contribution in [0.2, 0.25) is 0 Å². The van der Waals surface area contributed by atoms with Gasteiger partial charge in [0.2, 0.25) is 5.91 Å². The van der Waals surface area contributed by atoms with Crippen LogP contribution in [0.15, 0.2) is 0 Å². The van der Waals surface area contributed by atoms with Crippen molar-refractivity contribution < 1.29 is 9.53 Å². The molecule has 4 unspecified atom stereocenters. The highest BCUT2D eigenvalue weighted by molar-refractivity contribution is 5.76. The molecule has 2 heterocycles. The van der Waals surface area contributed by atoms with Gasteiger partial charge in [-0.25, -0.2) is 0 Å². The summed E-state index contributed by atoms with van der Waals surface area (Å²) in [5.74, 6) is 1.28. The van der Waals surface area contributed by atoms with Gasteiger partial charge in [-0.05, 0) is 65.5 Å². The van der Waals surface area contributed by atoms with Crippen LogP contribution in [-0.2, 0) is 9.53 Å². The zero-order chi connectivity index (χ0) is 17.7. The Bertz CT molecular complexity index is 397. The predicted octanol–water partition coefficient (Wildman–Crippen LogP) is 2.02. The molecule has 4 atom stereocenters. The van der Waals surface area contributed by atoms with Gasteiger partial charge in [0, 0.05) is 31.6 Å². The largest absolute Gasteiger partial charge is 0.373 e. The quantitative estimate of drug-likeness (QED) is 0.777. The van der Waals surface area contributed by atoms with Crippen molar-refractivity contribution in [3.63, 3.8) is 0 Å². The number of hydrogen-bond donors (Lipinski definition) is 2. The van der Waals surface area contributed by atoms with E-state index in [0.29, 0.717) is 24.8 Å². The van der Waals surface area contributed by atoms with E-state index in [4.69, 9.17) is 4.74 Å². The molecule has 2 rings (SSSR count). The van der Waals surface area contributed by atoms with E-state index in [9.17, 15) is 4.79 Å². The van der Waals surface area contributed by atoms with Gasteiger partial charge in [0.05, 0.1) is 12.2 Å². The van der Waals surface area contributed by atoms with Gasteiger partial charge in [0.15, 0.2) is 0 Å². The van der Waals surface area contributed by atoms with Gasteiger partial charge in [-0.15, -0.1) is 0 Å². The smallest absolute Gasteiger partial charge is 0.220 e. The number of rotatable bonds is 6. The van der Waals surface area contributed by atoms with Crippen molar-refractivity contribution in [3.8, 4) is 0 Å². The summed E-state index contributed by atoms with van der Waals surface area (Å²) >= 11 is 0. The Hall–Kier alpha value is -0.650. The van der Waals surface area contributed by atoms with Gasteiger partial charge in [-0.1, -0.05) is 6.92 Å². The first-order chi connectivity index (χ1) is 11.3. The predicted molar refractivity (Wildman–Crippen MR) is 98.0 cm³/mol. The Morgan fingerprint density at radius 2 is 2.00 bits per heavy atom. The van der Waals surface area contributed by atoms with E-state index in [1.807, 2.05) is 0 Å². The minimum Gasteiger partial charge on any atom is -0.373 e. The van der Waals surface area contributed by atoms with E-state index >= 15 is 0 Å². The van der Waals surface area contributed by atoms with E-state index in [1.54, 1.807) is 0 Å². The van der Waals surface area contributed by atoms with Crippen molar-refractivity contribution in [1.82, 2.24) is 15.5 Å². The summed E-state index contributed by atoms with van der Waals surface area (Å²) in [5.41, 5.74) is -0.0441. The zero-order valence-corrected chi connectivity index (χ0v) is 16.2. The highest BCUT2D eigenvalue weighted by Crippen LogP contribution is 2.23. The number of amides is 1. The fourth-order valence-corrected chi connectivity index (χ4v) is 3.99. The number of carbonyl (C=O) groups excluding carboxylic acids is 1. The molecule has 0 aromatic carbocycles. The second-order valence-corrected chi connectivity index (χ2v) is 8.54. The topological polar surface area (TPSA) is 53.6 Å². The van der Waals surface area contributed by atoms with Crippen LogP contribution in [0.3, 0.4) is 0 Å². The molecule has 2 aliphatic rings. The molecule has 0 aromatic rings. The minimum absolute atomic E-state index is 0.0441. The van der Waals surface area contributed by atoms with Gasteiger partial charge < -0.3 is 15.4 Å². The first-order valence-electron chi connectivity index (χ1n) is 9.66. The van der Waals surface area contributed by atoms with Crippen LogP contribution in [0.25, 0.3) is 0 Å². The molecule has 5 heteroatoms. The maximum absolute atomic E-state index is 12.4. The molecule has 2 aliphatic heterocycles. The van der Waals surface area contributed by atoms with Crippen molar-refractivity contribution in [3.05, 3.63) is 0 Å². The van der Waals surface area contributed by atoms with E-state index in [1.165, 1.54) is 12.8 Å². The normalized spacial score (nSPS) is 30.8. The van der Waals surface area contributed by atoms with Gasteiger partial charge in [0.25, 0.3) is 0 Å². The number of nitrogens with zero attached hydrogens (tertiary/aromatic N) is 1. The molecule has 0 spiro atoms. The molecule has 0 bridgehead atoms. The lowest BCUT2D eigenvalue weighted by Crippen LogP contribution is -2.58. The molecule has 2 N–H and O–H groups in total. The van der Waals surface area contributed by atoms with Crippen molar-refractivity contribution in [2.24, 2.45) is 11.8 Å². The summed E-state index contributed by atoms with van der Waals surface area (Å²) < 4.78 is 5.82. The molecular weight excluding hydrogens is 302 g/mol. The van der Waals surface area contributed by atoms with Gasteiger partial charge in [-0.3, -0.25) is 9.69 Å². The molecule has 2 fully saturated rings. The molecule has 0 aliphatic carbocycles. The van der Waals surface area contributed by atoms with Crippen molar-refractivity contribution >= 4 is 5.91 Å². The third-order valence-electron chi connectivity index (χ3n) is 5.64. The SMILES string of the molecule is CC1CN(C(C)(C)CNC(=O)CC(C)C2CCCNC2)CC(C)O1. The number of morpholine rings is 1. The van der Waals surface area contributed by atoms with Crippen molar-refractivity contribution in [2.45, 2.75) is 71.6 Å². The molecule has 1 amide bonds. The van der Waals surface area contributed by atoms with Gasteiger partial charge >= 0.3 is 0 Å². The van der Waals surface area contributed by atoms with Crippen LogP contribution in [0.4, 0.5) is 0 Å². The summed E-state index contributed by atoms with van der Waals surface area (Å²) in [7, 11) is 0. The summed E-state index contributed by atoms with van der Waals surface area (Å²) in [5, 5.41) is 6.62. The Balaban J connectivity index is 1.77. The van der Waals surface area contributed by atoms with E-state index in [0.717, 1.165) is 26.2 Å². The number of ether oxygens (including phenoxy) is 1. The fraction of sp³-hybridized carbons (Fsp3) is 0.947. The average Bonchev–Trinajstić information content (AvgIpc) is 2.53. The van der Waals surface area contributed by atoms with Gasteiger partial charge in [-0.2, -0.15) is 0 Å². The summed E-state index contributed by atoms with van der Waals surface area (Å²) in [6.45, 7) is 15.6. The molecular formula is C19H37N3O2. The second-order valence-electron chi connectivity index (χ2n) is 8.54. The molecule has 0 saturated carbocycles. The average molecular weight is 340 g/mol. The van der Waals surface area contributed by atoms with Gasteiger partial charge in [0.1, 0.15) is 0 Å². The molecule has 2 saturated heterocycles. The van der Waals surface area contributed by atoms with E-state index in [-0.39, 0.29) is 23.7 Å². The van der Waals surface area contributed by atoms with Crippen LogP contribution >= 0.6 is 0 Å². The zero-order valence-electron chi connectivity index (χ0n) is 16.2. The van der Waals surface area contributed by atoms with Crippen LogP contribution in [0.5, 0.6) is 0 Å². The lowest BCUT2D eigenvalue weighted by Gasteiger charge is -2.45. The summed E-state index contributed by atoms with van der Waals surface area (Å²) in [4.78, 5) is 14.8. The summed E-state index contributed by atoms with van der Waals surface area (Å²) in [6.07, 6.45) is 3.62. The summed E-state index contributed by atoms with van der Waals surface area (Å²) in [6, 6.07) is 0. The maximum Gasteiger partial charge on any atom is 0.220 e. The maximum atomic E-state index is 12.4. The van der Waals surface area contributed by atoms with Crippen LogP contribution in [0.1, 0.15) is 53.9 Å². The van der Waals surface area contributed by atoms with Crippen molar-refractivity contribution in [2.75, 3.05) is 32.7 Å². The van der Waals surface area contributed by atoms with Crippen LogP contribution in [-0.4, -0.2) is 61.3 Å². The first kappa shape index (κ1) is 19.7. The third-order valence-corrected chi connectivity index (χ3v) is 5.64. The highest BCUT2D eigenvalue weighted by Gasteiger charge is 2.33. The highest BCUT2D eigenvalue weighted by atomic mass is 16.5. The Morgan fingerprint density at radius 1 is 1.33 bits per heavy atom. The number of nitrogens with one attached hydrogen (secondary N) is 2. The standard InChI is InChI=1S/C19H37N3O2/c1-14(17-7-6-8-20-10-17)9-18(23)21-13-19(4,5)22-11-15(2)24-16(3)12-22/h14-17,20H,6-13H2,1-5H3,(H,21,23). The Labute approximate surface area is 147 Å². The number of hydrogen-bond acceptors (Lipinski definition) is 4. The third kappa shape index (κ3) is 5.71. The Morgan fingerprint density at radius 3 is 2.58 bits per heavy atom. The molecule has 0 radical (unpaired) electrons. The van der Waals surface area contributed by atoms with E-state index < -0.39 is 0 Å². The molecule has 5 nitrogen and oxygen atoms in total. The van der Waals surface area contributed by atoms with E-state index in [2.05, 4.69) is 50.2 Å². The van der Waals surface area contributed by atoms with Crippen molar-refractivity contribution in [1.29, 1.82) is 0 Å². The van der Waals surface area contributed by atoms with Crippen LogP contribution in [0, 0.1) is 11.8 Å². The Kier molecular flexibility index (Phi) is 7.08. The minimum atomic E-state index is -0.0441. The molecule has 0 aromatic heterocycles. The first-order valence-corrected chi connectivity index (χ1v) is 9.66. The molecule has 140 valence electrons. The fourth-order valence-electron chi connectivity index (χ4n) is 3.99. The molecule has 24 heavy (non-hydrogen) atoms. The lowest BCUT2D eigenvalue weighted by atomic mass is 9.85. The number of carbonyl (C=O) groups is 1. The lowest BCUT2D eigenvalue weighted by molar-refractivity contribution is -0.124. The monoisotopic (exact) mass is 339 g/mol.